The van der Waals surface area contributed by atoms with Crippen molar-refractivity contribution < 1.29 is 0 Å². The van der Waals surface area contributed by atoms with Gasteiger partial charge in [0.05, 0.1) is 0 Å². The van der Waals surface area contributed by atoms with Crippen LogP contribution in [0.3, 0.4) is 0 Å². The number of rotatable bonds is 6. The summed E-state index contributed by atoms with van der Waals surface area (Å²) in [5.41, 5.74) is 4.47. The minimum atomic E-state index is 0.0882. The normalized spacial score (nSPS) is 18.1. The molecule has 1 fully saturated rings. The van der Waals surface area contributed by atoms with Gasteiger partial charge in [0.15, 0.2) is 0 Å². The molecular formula is C15H24N2. The maximum atomic E-state index is 5.75. The molecule has 0 heterocycles. The van der Waals surface area contributed by atoms with Gasteiger partial charge in [-0.1, -0.05) is 57.0 Å². The van der Waals surface area contributed by atoms with Crippen molar-refractivity contribution in [3.63, 3.8) is 0 Å². The summed E-state index contributed by atoms with van der Waals surface area (Å²) in [5.74, 6) is 6.72. The Bertz CT molecular complexity index is 341. The lowest BCUT2D eigenvalue weighted by molar-refractivity contribution is 0.315. The van der Waals surface area contributed by atoms with Crippen LogP contribution in [0.15, 0.2) is 30.3 Å². The maximum absolute atomic E-state index is 5.75. The van der Waals surface area contributed by atoms with Crippen LogP contribution in [0.25, 0.3) is 0 Å². The van der Waals surface area contributed by atoms with E-state index in [4.69, 9.17) is 5.84 Å². The van der Waals surface area contributed by atoms with Crippen molar-refractivity contribution in [3.8, 4) is 0 Å². The molecule has 0 radical (unpaired) electrons. The molecule has 2 rings (SSSR count). The van der Waals surface area contributed by atoms with Crippen molar-refractivity contribution in [2.24, 2.45) is 11.8 Å². The molecule has 0 aromatic heterocycles. The molecule has 1 saturated carbocycles. The first-order valence-electron chi connectivity index (χ1n) is 6.66. The molecule has 1 aliphatic carbocycles. The predicted molar refractivity (Wildman–Crippen MR) is 72.5 cm³/mol. The Labute approximate surface area is 105 Å². The summed E-state index contributed by atoms with van der Waals surface area (Å²) in [6, 6.07) is 11.0. The second kappa shape index (κ2) is 5.19. The molecular weight excluding hydrogens is 208 g/mol. The second-order valence-corrected chi connectivity index (χ2v) is 5.83. The second-order valence-electron chi connectivity index (χ2n) is 5.83. The molecule has 1 aliphatic rings. The van der Waals surface area contributed by atoms with Gasteiger partial charge in [-0.3, -0.25) is 11.3 Å². The molecule has 1 atom stereocenters. The van der Waals surface area contributed by atoms with Crippen LogP contribution in [0.5, 0.6) is 0 Å². The Morgan fingerprint density at radius 1 is 1.29 bits per heavy atom. The van der Waals surface area contributed by atoms with Gasteiger partial charge < -0.3 is 0 Å². The van der Waals surface area contributed by atoms with Crippen LogP contribution in [-0.2, 0) is 5.41 Å². The molecule has 2 heteroatoms. The molecule has 1 unspecified atom stereocenters. The van der Waals surface area contributed by atoms with Crippen LogP contribution < -0.4 is 11.3 Å². The Hall–Kier alpha value is -0.860. The first-order valence-corrected chi connectivity index (χ1v) is 6.66. The standard InChI is InChI=1S/C15H24N2/c1-15(2,13-6-4-3-5-7-13)14(17-16)11-10-12-8-9-12/h3-7,12,14,17H,8-11,16H2,1-2H3. The topological polar surface area (TPSA) is 38.0 Å². The van der Waals surface area contributed by atoms with E-state index in [1.54, 1.807) is 0 Å². The molecule has 0 amide bonds. The molecule has 3 N–H and O–H groups in total. The molecule has 2 nitrogen and oxygen atoms in total. The summed E-state index contributed by atoms with van der Waals surface area (Å²) >= 11 is 0. The Kier molecular flexibility index (Phi) is 3.85. The highest BCUT2D eigenvalue weighted by atomic mass is 15.2. The van der Waals surface area contributed by atoms with Crippen LogP contribution in [0.4, 0.5) is 0 Å². The van der Waals surface area contributed by atoms with Crippen LogP contribution in [0.1, 0.15) is 45.1 Å². The Balaban J connectivity index is 2.04. The molecule has 0 bridgehead atoms. The monoisotopic (exact) mass is 232 g/mol. The zero-order valence-corrected chi connectivity index (χ0v) is 10.9. The number of benzene rings is 1. The molecule has 0 spiro atoms. The van der Waals surface area contributed by atoms with Gasteiger partial charge in [-0.05, 0) is 24.3 Å². The van der Waals surface area contributed by atoms with E-state index in [1.807, 2.05) is 0 Å². The highest BCUT2D eigenvalue weighted by Gasteiger charge is 2.32. The Morgan fingerprint density at radius 3 is 2.47 bits per heavy atom. The van der Waals surface area contributed by atoms with E-state index in [1.165, 1.54) is 31.2 Å². The summed E-state index contributed by atoms with van der Waals surface area (Å²) in [4.78, 5) is 0. The van der Waals surface area contributed by atoms with E-state index in [9.17, 15) is 0 Å². The van der Waals surface area contributed by atoms with Gasteiger partial charge in [0.25, 0.3) is 0 Å². The predicted octanol–water partition coefficient (Wildman–Crippen LogP) is 2.99. The number of nitrogens with two attached hydrogens (primary N) is 1. The molecule has 17 heavy (non-hydrogen) atoms. The molecule has 1 aromatic carbocycles. The quantitative estimate of drug-likeness (QED) is 0.584. The fraction of sp³-hybridized carbons (Fsp3) is 0.600. The van der Waals surface area contributed by atoms with Crippen LogP contribution >= 0.6 is 0 Å². The third-order valence-corrected chi connectivity index (χ3v) is 4.15. The number of hydrogen-bond acceptors (Lipinski definition) is 2. The lowest BCUT2D eigenvalue weighted by Gasteiger charge is -2.34. The first kappa shape index (κ1) is 12.6. The van der Waals surface area contributed by atoms with Crippen molar-refractivity contribution in [2.45, 2.75) is 51.0 Å². The van der Waals surface area contributed by atoms with E-state index in [2.05, 4.69) is 49.6 Å². The van der Waals surface area contributed by atoms with Gasteiger partial charge in [0.2, 0.25) is 0 Å². The lowest BCUT2D eigenvalue weighted by Crippen LogP contribution is -2.48. The molecule has 1 aromatic rings. The SMILES string of the molecule is CC(C)(c1ccccc1)C(CCC1CC1)NN. The molecule has 94 valence electrons. The van der Waals surface area contributed by atoms with E-state index >= 15 is 0 Å². The minimum absolute atomic E-state index is 0.0882. The third kappa shape index (κ3) is 3.08. The van der Waals surface area contributed by atoms with Crippen LogP contribution in [0.2, 0.25) is 0 Å². The zero-order chi connectivity index (χ0) is 12.3. The number of hydrogen-bond donors (Lipinski definition) is 2. The third-order valence-electron chi connectivity index (χ3n) is 4.15. The minimum Gasteiger partial charge on any atom is -0.271 e. The van der Waals surface area contributed by atoms with Gasteiger partial charge in [-0.25, -0.2) is 0 Å². The smallest absolute Gasteiger partial charge is 0.0302 e. The molecule has 0 aliphatic heterocycles. The van der Waals surface area contributed by atoms with E-state index in [0.717, 1.165) is 5.92 Å². The van der Waals surface area contributed by atoms with E-state index < -0.39 is 0 Å². The van der Waals surface area contributed by atoms with Crippen molar-refractivity contribution in [2.75, 3.05) is 0 Å². The van der Waals surface area contributed by atoms with Gasteiger partial charge in [-0.2, -0.15) is 0 Å². The van der Waals surface area contributed by atoms with Crippen molar-refractivity contribution in [3.05, 3.63) is 35.9 Å². The van der Waals surface area contributed by atoms with Gasteiger partial charge in [0.1, 0.15) is 0 Å². The summed E-state index contributed by atoms with van der Waals surface area (Å²) in [5, 5.41) is 0. The maximum Gasteiger partial charge on any atom is 0.0302 e. The highest BCUT2D eigenvalue weighted by Crippen LogP contribution is 2.36. The summed E-state index contributed by atoms with van der Waals surface area (Å²) < 4.78 is 0. The average molecular weight is 232 g/mol. The van der Waals surface area contributed by atoms with Crippen molar-refractivity contribution in [1.29, 1.82) is 0 Å². The van der Waals surface area contributed by atoms with Crippen LogP contribution in [-0.4, -0.2) is 6.04 Å². The zero-order valence-electron chi connectivity index (χ0n) is 10.9. The summed E-state index contributed by atoms with van der Waals surface area (Å²) in [6.45, 7) is 4.56. The largest absolute Gasteiger partial charge is 0.271 e. The fourth-order valence-electron chi connectivity index (χ4n) is 2.53. The van der Waals surface area contributed by atoms with Gasteiger partial charge in [-0.15, -0.1) is 0 Å². The fourth-order valence-corrected chi connectivity index (χ4v) is 2.53. The Morgan fingerprint density at radius 2 is 1.94 bits per heavy atom. The van der Waals surface area contributed by atoms with Gasteiger partial charge in [0, 0.05) is 11.5 Å². The van der Waals surface area contributed by atoms with Crippen molar-refractivity contribution in [1.82, 2.24) is 5.43 Å². The molecule has 0 saturated heterocycles. The van der Waals surface area contributed by atoms with Crippen LogP contribution in [0, 0.1) is 5.92 Å². The highest BCUT2D eigenvalue weighted by molar-refractivity contribution is 5.25. The number of nitrogens with one attached hydrogen (secondary N) is 1. The van der Waals surface area contributed by atoms with Gasteiger partial charge >= 0.3 is 0 Å². The van der Waals surface area contributed by atoms with E-state index in [-0.39, 0.29) is 5.41 Å². The summed E-state index contributed by atoms with van der Waals surface area (Å²) in [6.07, 6.45) is 5.32. The van der Waals surface area contributed by atoms with E-state index in [0.29, 0.717) is 6.04 Å². The lowest BCUT2D eigenvalue weighted by atomic mass is 9.76. The number of hydrazine groups is 1. The average Bonchev–Trinajstić information content (AvgIpc) is 3.15. The first-order chi connectivity index (χ1) is 8.14. The van der Waals surface area contributed by atoms with Crippen molar-refractivity contribution >= 4 is 0 Å². The summed E-state index contributed by atoms with van der Waals surface area (Å²) in [7, 11) is 0.